The molecule has 4 aromatic rings. The van der Waals surface area contributed by atoms with Crippen molar-refractivity contribution in [3.8, 4) is 23.0 Å². The molecule has 224 valence electrons. The number of hydrogen-bond donors (Lipinski definition) is 2. The van der Waals surface area contributed by atoms with Gasteiger partial charge in [-0.3, -0.25) is 14.2 Å². The van der Waals surface area contributed by atoms with Gasteiger partial charge in [-0.15, -0.1) is 0 Å². The maximum absolute atomic E-state index is 14.9. The van der Waals surface area contributed by atoms with Crippen molar-refractivity contribution in [2.24, 2.45) is 7.05 Å². The number of carbonyl (C=O) groups excluding carboxylic acids is 1. The molecule has 0 radical (unpaired) electrons. The summed E-state index contributed by atoms with van der Waals surface area (Å²) in [7, 11) is 3.08. The van der Waals surface area contributed by atoms with Crippen LogP contribution in [-0.2, 0) is 18.3 Å². The molecule has 1 aliphatic rings. The third kappa shape index (κ3) is 7.11. The van der Waals surface area contributed by atoms with E-state index in [1.165, 1.54) is 23.7 Å². The molecule has 1 amide bonds. The van der Waals surface area contributed by atoms with E-state index >= 15 is 0 Å². The summed E-state index contributed by atoms with van der Waals surface area (Å²) in [6.07, 6.45) is 0.707. The molecule has 5 rings (SSSR count). The quantitative estimate of drug-likeness (QED) is 0.194. The summed E-state index contributed by atoms with van der Waals surface area (Å²) in [6.45, 7) is 3.17. The van der Waals surface area contributed by atoms with Crippen LogP contribution >= 0.6 is 22.6 Å². The van der Waals surface area contributed by atoms with Gasteiger partial charge in [0.05, 0.1) is 26.0 Å². The lowest BCUT2D eigenvalue weighted by molar-refractivity contribution is 0.0948. The van der Waals surface area contributed by atoms with Crippen LogP contribution in [0.1, 0.15) is 27.9 Å². The van der Waals surface area contributed by atoms with Crippen molar-refractivity contribution in [3.05, 3.63) is 103 Å². The van der Waals surface area contributed by atoms with E-state index in [0.29, 0.717) is 39.6 Å². The van der Waals surface area contributed by atoms with Gasteiger partial charge in [0.15, 0.2) is 0 Å². The van der Waals surface area contributed by atoms with Crippen LogP contribution in [0.3, 0.4) is 0 Å². The highest BCUT2D eigenvalue weighted by molar-refractivity contribution is 14.1. The minimum atomic E-state index is -0.535. The topological polar surface area (TPSA) is 100 Å². The molecule has 11 heteroatoms. The van der Waals surface area contributed by atoms with Crippen LogP contribution in [0.4, 0.5) is 15.9 Å². The minimum Gasteiger partial charge on any atom is -0.497 e. The number of amides is 1. The smallest absolute Gasteiger partial charge is 0.259 e. The Hall–Kier alpha value is -4.10. The first-order valence-electron chi connectivity index (χ1n) is 13.6. The van der Waals surface area contributed by atoms with Crippen LogP contribution in [-0.4, -0.2) is 36.9 Å². The molecule has 0 unspecified atom stereocenters. The summed E-state index contributed by atoms with van der Waals surface area (Å²) in [5.74, 6) is 0.727. The van der Waals surface area contributed by atoms with E-state index in [1.54, 1.807) is 43.5 Å². The highest BCUT2D eigenvalue weighted by Gasteiger charge is 2.25. The molecule has 0 spiro atoms. The van der Waals surface area contributed by atoms with E-state index in [1.807, 2.05) is 47.7 Å². The van der Waals surface area contributed by atoms with E-state index in [0.717, 1.165) is 12.0 Å². The Morgan fingerprint density at radius 1 is 1.09 bits per heavy atom. The van der Waals surface area contributed by atoms with Crippen molar-refractivity contribution >= 4 is 40.0 Å². The van der Waals surface area contributed by atoms with Gasteiger partial charge in [-0.2, -0.15) is 0 Å². The largest absolute Gasteiger partial charge is 0.497 e. The van der Waals surface area contributed by atoms with Gasteiger partial charge in [0.2, 0.25) is 0 Å². The lowest BCUT2D eigenvalue weighted by Gasteiger charge is -2.21. The van der Waals surface area contributed by atoms with Crippen LogP contribution in [0, 0.1) is 16.3 Å². The second-order valence-corrected chi connectivity index (χ2v) is 11.2. The number of nitrogens with zero attached hydrogens (tertiary/aromatic N) is 1. The van der Waals surface area contributed by atoms with Gasteiger partial charge in [0.1, 0.15) is 46.3 Å². The SMILES string of the molecule is COc1ccc(CNC(=O)c2c(Oc3cccc(O[C@@H]4CCOC4)c3C)cc(=O)n(C)c2Nc2ccc(I)cc2F)cc1. The Morgan fingerprint density at radius 3 is 2.56 bits per heavy atom. The number of methoxy groups -OCH3 is 1. The Bertz CT molecular complexity index is 1690. The van der Waals surface area contributed by atoms with E-state index in [2.05, 4.69) is 10.6 Å². The molecular formula is C32H31FIN3O6. The summed E-state index contributed by atoms with van der Waals surface area (Å²) in [4.78, 5) is 27.0. The molecule has 1 atom stereocenters. The highest BCUT2D eigenvalue weighted by atomic mass is 127. The maximum atomic E-state index is 14.9. The first kappa shape index (κ1) is 30.4. The van der Waals surface area contributed by atoms with Gasteiger partial charge in [0.25, 0.3) is 11.5 Å². The number of carbonyl (C=O) groups is 1. The monoisotopic (exact) mass is 699 g/mol. The average molecular weight is 700 g/mol. The van der Waals surface area contributed by atoms with Crippen LogP contribution in [0.15, 0.2) is 71.5 Å². The predicted molar refractivity (Wildman–Crippen MR) is 169 cm³/mol. The molecule has 1 aliphatic heterocycles. The fourth-order valence-electron chi connectivity index (χ4n) is 4.59. The van der Waals surface area contributed by atoms with Crippen LogP contribution in [0.5, 0.6) is 23.0 Å². The molecule has 3 aromatic carbocycles. The fourth-order valence-corrected chi connectivity index (χ4v) is 5.04. The number of nitrogens with one attached hydrogen (secondary N) is 2. The molecular weight excluding hydrogens is 668 g/mol. The first-order chi connectivity index (χ1) is 20.7. The molecule has 2 N–H and O–H groups in total. The van der Waals surface area contributed by atoms with Crippen LogP contribution in [0.2, 0.25) is 0 Å². The molecule has 0 aliphatic carbocycles. The molecule has 9 nitrogen and oxygen atoms in total. The van der Waals surface area contributed by atoms with Crippen LogP contribution in [0.25, 0.3) is 0 Å². The second-order valence-electron chi connectivity index (χ2n) is 9.99. The number of pyridine rings is 1. The standard InChI is InChI=1S/C32H31FIN3O6/c1-19-26(42-23-13-14-41-18-23)5-4-6-27(19)43-28-16-29(38)37(2)31(36-25-12-9-21(34)15-24(25)33)30(28)32(39)35-17-20-7-10-22(40-3)11-8-20/h4-12,15-16,23,36H,13-14,17-18H2,1-3H3,(H,35,39)/t23-/m1/s1. The lowest BCUT2D eigenvalue weighted by Crippen LogP contribution is -2.29. The number of ether oxygens (including phenoxy) is 4. The number of halogens is 2. The number of rotatable bonds is 10. The van der Waals surface area contributed by atoms with Crippen LogP contribution < -0.4 is 30.4 Å². The van der Waals surface area contributed by atoms with Crippen molar-refractivity contribution < 1.29 is 28.1 Å². The third-order valence-corrected chi connectivity index (χ3v) is 7.73. The summed E-state index contributed by atoms with van der Waals surface area (Å²) < 4.78 is 39.9. The molecule has 1 aromatic heterocycles. The van der Waals surface area contributed by atoms with Gasteiger partial charge in [-0.05, 0) is 77.5 Å². The molecule has 0 saturated carbocycles. The van der Waals surface area contributed by atoms with Gasteiger partial charge in [-0.25, -0.2) is 4.39 Å². The zero-order valence-corrected chi connectivity index (χ0v) is 26.1. The summed E-state index contributed by atoms with van der Waals surface area (Å²) in [5, 5.41) is 5.86. The molecule has 1 fully saturated rings. The number of benzene rings is 3. The molecule has 43 heavy (non-hydrogen) atoms. The summed E-state index contributed by atoms with van der Waals surface area (Å²) >= 11 is 2.01. The zero-order chi connectivity index (χ0) is 30.5. The fraction of sp³-hybridized carbons (Fsp3) is 0.250. The zero-order valence-electron chi connectivity index (χ0n) is 23.9. The normalized spacial score (nSPS) is 14.3. The third-order valence-electron chi connectivity index (χ3n) is 7.06. The Kier molecular flexibility index (Phi) is 9.51. The number of aromatic nitrogens is 1. The van der Waals surface area contributed by atoms with Crippen molar-refractivity contribution in [3.63, 3.8) is 0 Å². The van der Waals surface area contributed by atoms with E-state index in [-0.39, 0.29) is 35.5 Å². The number of hydrogen-bond acceptors (Lipinski definition) is 7. The first-order valence-corrected chi connectivity index (χ1v) is 14.7. The highest BCUT2D eigenvalue weighted by Crippen LogP contribution is 2.36. The molecule has 0 bridgehead atoms. The van der Waals surface area contributed by atoms with Gasteiger partial charge >= 0.3 is 0 Å². The predicted octanol–water partition coefficient (Wildman–Crippen LogP) is 6.08. The maximum Gasteiger partial charge on any atom is 0.259 e. The average Bonchev–Trinajstić information content (AvgIpc) is 3.51. The van der Waals surface area contributed by atoms with E-state index < -0.39 is 17.3 Å². The van der Waals surface area contributed by atoms with Gasteiger partial charge < -0.3 is 29.6 Å². The molecule has 1 saturated heterocycles. The van der Waals surface area contributed by atoms with Crippen molar-refractivity contribution in [1.29, 1.82) is 0 Å². The molecule has 2 heterocycles. The Balaban J connectivity index is 1.53. The minimum absolute atomic E-state index is 0.00759. The summed E-state index contributed by atoms with van der Waals surface area (Å²) in [6, 6.07) is 18.5. The lowest BCUT2D eigenvalue weighted by atomic mass is 10.1. The van der Waals surface area contributed by atoms with Gasteiger partial charge in [0, 0.05) is 35.2 Å². The van der Waals surface area contributed by atoms with E-state index in [4.69, 9.17) is 18.9 Å². The Labute approximate surface area is 262 Å². The number of anilines is 2. The van der Waals surface area contributed by atoms with Crippen molar-refractivity contribution in [2.45, 2.75) is 26.0 Å². The van der Waals surface area contributed by atoms with E-state index in [9.17, 15) is 14.0 Å². The van der Waals surface area contributed by atoms with Gasteiger partial charge in [-0.1, -0.05) is 18.2 Å². The van der Waals surface area contributed by atoms with Crippen molar-refractivity contribution in [2.75, 3.05) is 25.6 Å². The second kappa shape index (κ2) is 13.5. The summed E-state index contributed by atoms with van der Waals surface area (Å²) in [5.41, 5.74) is 1.20. The van der Waals surface area contributed by atoms with Crippen molar-refractivity contribution in [1.82, 2.24) is 9.88 Å². The Morgan fingerprint density at radius 2 is 1.86 bits per heavy atom.